The molecule has 0 radical (unpaired) electrons. The summed E-state index contributed by atoms with van der Waals surface area (Å²) in [5.41, 5.74) is 2.85. The molecule has 6 nitrogen and oxygen atoms in total. The number of likely N-dealkylation sites (tertiary alicyclic amines) is 1. The Labute approximate surface area is 166 Å². The standard InChI is InChI=1S/C22H29N3O3/c1-16-22(27)20(18(15-26)12-24-16)13-23-14-21(25-10-4-3-5-11-25)17-6-8-19(28-2)9-7-17/h6-9,12-13,21,26-27H,3-5,10-11,14-15H2,1-2H3/t21-/m1/s1. The number of aryl methyl sites for hydroxylation is 1. The van der Waals surface area contributed by atoms with Crippen LogP contribution in [0.3, 0.4) is 0 Å². The minimum atomic E-state index is -0.184. The molecule has 2 heterocycles. The minimum absolute atomic E-state index is 0.0780. The number of aliphatic imine (C=N–C) groups is 1. The summed E-state index contributed by atoms with van der Waals surface area (Å²) in [6, 6.07) is 8.34. The molecule has 0 bridgehead atoms. The maximum absolute atomic E-state index is 10.3. The molecule has 6 heteroatoms. The second-order valence-electron chi connectivity index (χ2n) is 7.17. The van der Waals surface area contributed by atoms with Gasteiger partial charge >= 0.3 is 0 Å². The SMILES string of the molecule is COc1ccc([C@@H](CN=Cc2c(CO)cnc(C)c2O)N2CCCCC2)cc1. The van der Waals surface area contributed by atoms with Crippen LogP contribution in [0.15, 0.2) is 35.5 Å². The maximum atomic E-state index is 10.3. The Hall–Kier alpha value is -2.44. The number of hydrogen-bond donors (Lipinski definition) is 2. The van der Waals surface area contributed by atoms with E-state index in [4.69, 9.17) is 4.74 Å². The number of nitrogens with zero attached hydrogens (tertiary/aromatic N) is 3. The van der Waals surface area contributed by atoms with Gasteiger partial charge in [-0.1, -0.05) is 18.6 Å². The number of pyridine rings is 1. The summed E-state index contributed by atoms with van der Waals surface area (Å²) in [5.74, 6) is 0.920. The van der Waals surface area contributed by atoms with Crippen molar-refractivity contribution in [1.29, 1.82) is 0 Å². The van der Waals surface area contributed by atoms with Crippen molar-refractivity contribution >= 4 is 6.21 Å². The van der Waals surface area contributed by atoms with Crippen LogP contribution >= 0.6 is 0 Å². The van der Waals surface area contributed by atoms with E-state index in [0.29, 0.717) is 23.4 Å². The predicted molar refractivity (Wildman–Crippen MR) is 110 cm³/mol. The molecule has 1 aromatic heterocycles. The van der Waals surface area contributed by atoms with Crippen LogP contribution < -0.4 is 4.74 Å². The van der Waals surface area contributed by atoms with Gasteiger partial charge in [0.15, 0.2) is 0 Å². The van der Waals surface area contributed by atoms with Crippen molar-refractivity contribution in [2.45, 2.75) is 38.8 Å². The van der Waals surface area contributed by atoms with Crippen molar-refractivity contribution in [3.8, 4) is 11.5 Å². The summed E-state index contributed by atoms with van der Waals surface area (Å²) in [6.45, 7) is 4.26. The molecule has 0 unspecified atom stereocenters. The van der Waals surface area contributed by atoms with Gasteiger partial charge in [-0.05, 0) is 50.6 Å². The third-order valence-corrected chi connectivity index (χ3v) is 5.36. The first-order valence-electron chi connectivity index (χ1n) is 9.80. The van der Waals surface area contributed by atoms with Gasteiger partial charge in [-0.3, -0.25) is 14.9 Å². The summed E-state index contributed by atoms with van der Waals surface area (Å²) in [6.07, 6.45) is 6.93. The first kappa shape index (κ1) is 20.3. The number of aromatic hydroxyl groups is 1. The highest BCUT2D eigenvalue weighted by atomic mass is 16.5. The first-order valence-corrected chi connectivity index (χ1v) is 9.80. The molecule has 0 saturated carbocycles. The van der Waals surface area contributed by atoms with Gasteiger partial charge in [0.1, 0.15) is 11.5 Å². The highest BCUT2D eigenvalue weighted by Crippen LogP contribution is 2.27. The van der Waals surface area contributed by atoms with Crippen LogP contribution in [-0.2, 0) is 6.61 Å². The predicted octanol–water partition coefficient (Wildman–Crippen LogP) is 3.24. The Kier molecular flexibility index (Phi) is 7.01. The Bertz CT molecular complexity index is 799. The minimum Gasteiger partial charge on any atom is -0.505 e. The zero-order chi connectivity index (χ0) is 19.9. The van der Waals surface area contributed by atoms with Crippen LogP contribution in [-0.4, -0.2) is 53.1 Å². The van der Waals surface area contributed by atoms with Crippen molar-refractivity contribution in [1.82, 2.24) is 9.88 Å². The molecule has 1 fully saturated rings. The van der Waals surface area contributed by atoms with Gasteiger partial charge in [-0.2, -0.15) is 0 Å². The van der Waals surface area contributed by atoms with Crippen molar-refractivity contribution in [2.24, 2.45) is 4.99 Å². The highest BCUT2D eigenvalue weighted by Gasteiger charge is 2.22. The average molecular weight is 383 g/mol. The number of benzene rings is 1. The summed E-state index contributed by atoms with van der Waals surface area (Å²) < 4.78 is 5.28. The molecule has 1 aliphatic heterocycles. The topological polar surface area (TPSA) is 78.2 Å². The van der Waals surface area contributed by atoms with Crippen LogP contribution in [0, 0.1) is 6.92 Å². The molecule has 0 aliphatic carbocycles. The third kappa shape index (κ3) is 4.69. The summed E-state index contributed by atoms with van der Waals surface area (Å²) in [4.78, 5) is 11.2. The monoisotopic (exact) mass is 383 g/mol. The number of aliphatic hydroxyl groups is 1. The van der Waals surface area contributed by atoms with Gasteiger partial charge in [0.2, 0.25) is 0 Å². The number of aliphatic hydroxyl groups excluding tert-OH is 1. The fourth-order valence-corrected chi connectivity index (χ4v) is 3.65. The maximum Gasteiger partial charge on any atom is 0.145 e. The second-order valence-corrected chi connectivity index (χ2v) is 7.17. The lowest BCUT2D eigenvalue weighted by Crippen LogP contribution is -2.35. The molecule has 150 valence electrons. The number of rotatable bonds is 7. The van der Waals surface area contributed by atoms with E-state index in [1.807, 2.05) is 12.1 Å². The quantitative estimate of drug-likeness (QED) is 0.718. The number of hydrogen-bond acceptors (Lipinski definition) is 6. The molecule has 0 amide bonds. The Morgan fingerprint density at radius 2 is 1.93 bits per heavy atom. The lowest BCUT2D eigenvalue weighted by atomic mass is 10.0. The molecule has 1 aliphatic rings. The second kappa shape index (κ2) is 9.66. The zero-order valence-corrected chi connectivity index (χ0v) is 16.6. The van der Waals surface area contributed by atoms with Gasteiger partial charge in [-0.25, -0.2) is 0 Å². The van der Waals surface area contributed by atoms with Gasteiger partial charge in [-0.15, -0.1) is 0 Å². The molecule has 2 N–H and O–H groups in total. The van der Waals surface area contributed by atoms with Crippen LogP contribution in [0.2, 0.25) is 0 Å². The number of piperidine rings is 1. The molecular weight excluding hydrogens is 354 g/mol. The number of ether oxygens (including phenoxy) is 1. The van der Waals surface area contributed by atoms with Gasteiger partial charge < -0.3 is 14.9 Å². The van der Waals surface area contributed by atoms with E-state index in [9.17, 15) is 10.2 Å². The summed E-state index contributed by atoms with van der Waals surface area (Å²) >= 11 is 0. The fraction of sp³-hybridized carbons (Fsp3) is 0.455. The lowest BCUT2D eigenvalue weighted by molar-refractivity contribution is 0.168. The van der Waals surface area contributed by atoms with Crippen molar-refractivity contribution in [2.75, 3.05) is 26.7 Å². The van der Waals surface area contributed by atoms with E-state index >= 15 is 0 Å². The average Bonchev–Trinajstić information content (AvgIpc) is 2.75. The molecule has 1 atom stereocenters. The third-order valence-electron chi connectivity index (χ3n) is 5.36. The summed E-state index contributed by atoms with van der Waals surface area (Å²) in [7, 11) is 1.67. The van der Waals surface area contributed by atoms with Crippen LogP contribution in [0.4, 0.5) is 0 Å². The van der Waals surface area contributed by atoms with Crippen LogP contribution in [0.5, 0.6) is 11.5 Å². The zero-order valence-electron chi connectivity index (χ0n) is 16.6. The van der Waals surface area contributed by atoms with E-state index < -0.39 is 0 Å². The normalized spacial score (nSPS) is 16.4. The van der Waals surface area contributed by atoms with Gasteiger partial charge in [0.25, 0.3) is 0 Å². The van der Waals surface area contributed by atoms with Crippen molar-refractivity contribution < 1.29 is 14.9 Å². The van der Waals surface area contributed by atoms with E-state index in [-0.39, 0.29) is 18.4 Å². The van der Waals surface area contributed by atoms with E-state index in [2.05, 4.69) is 27.0 Å². The number of aromatic nitrogens is 1. The largest absolute Gasteiger partial charge is 0.505 e. The molecular formula is C22H29N3O3. The van der Waals surface area contributed by atoms with E-state index in [1.165, 1.54) is 24.8 Å². The molecule has 0 spiro atoms. The van der Waals surface area contributed by atoms with Crippen LogP contribution in [0.25, 0.3) is 0 Å². The Morgan fingerprint density at radius 1 is 1.21 bits per heavy atom. The van der Waals surface area contributed by atoms with Gasteiger partial charge in [0.05, 0.1) is 32.0 Å². The fourth-order valence-electron chi connectivity index (χ4n) is 3.65. The number of methoxy groups -OCH3 is 1. The van der Waals surface area contributed by atoms with Crippen molar-refractivity contribution in [3.05, 3.63) is 52.8 Å². The molecule has 1 aromatic carbocycles. The molecule has 2 aromatic rings. The Balaban J connectivity index is 1.83. The van der Waals surface area contributed by atoms with Crippen LogP contribution in [0.1, 0.15) is 47.7 Å². The molecule has 28 heavy (non-hydrogen) atoms. The first-order chi connectivity index (χ1) is 13.6. The molecule has 1 saturated heterocycles. The van der Waals surface area contributed by atoms with E-state index in [1.54, 1.807) is 26.4 Å². The van der Waals surface area contributed by atoms with E-state index in [0.717, 1.165) is 18.8 Å². The highest BCUT2D eigenvalue weighted by molar-refractivity contribution is 5.85. The lowest BCUT2D eigenvalue weighted by Gasteiger charge is -2.34. The van der Waals surface area contributed by atoms with Gasteiger partial charge in [0, 0.05) is 23.5 Å². The smallest absolute Gasteiger partial charge is 0.145 e. The molecule has 3 rings (SSSR count). The Morgan fingerprint density at radius 3 is 2.57 bits per heavy atom. The van der Waals surface area contributed by atoms with Crippen molar-refractivity contribution in [3.63, 3.8) is 0 Å². The summed E-state index contributed by atoms with van der Waals surface area (Å²) in [5, 5.41) is 19.8.